The van der Waals surface area contributed by atoms with Gasteiger partial charge in [-0.2, -0.15) is 0 Å². The molecule has 1 aliphatic carbocycles. The van der Waals surface area contributed by atoms with E-state index in [1.54, 1.807) is 7.11 Å². The third kappa shape index (κ3) is 5.13. The molecule has 4 nitrogen and oxygen atoms in total. The molecule has 0 aliphatic heterocycles. The molecule has 0 bridgehead atoms. The zero-order chi connectivity index (χ0) is 17.6. The molecular formula is C20H23ClN2O2. The fourth-order valence-electron chi connectivity index (χ4n) is 2.88. The van der Waals surface area contributed by atoms with Crippen LogP contribution in [0.5, 0.6) is 5.75 Å². The molecule has 1 atom stereocenters. The Kier molecular flexibility index (Phi) is 5.82. The van der Waals surface area contributed by atoms with Crippen LogP contribution in [0, 0.1) is 5.92 Å². The SMILES string of the molecule is COc1ccc(C(NC(=O)NCCc2ccc(Cl)cc2)C2CC2)cc1. The highest BCUT2D eigenvalue weighted by atomic mass is 35.5. The number of hydrogen-bond acceptors (Lipinski definition) is 2. The van der Waals surface area contributed by atoms with Crippen LogP contribution in [0.25, 0.3) is 0 Å². The molecule has 2 amide bonds. The Labute approximate surface area is 153 Å². The first kappa shape index (κ1) is 17.6. The van der Waals surface area contributed by atoms with Crippen LogP contribution in [0.15, 0.2) is 48.5 Å². The van der Waals surface area contributed by atoms with Crippen LogP contribution in [0.2, 0.25) is 5.02 Å². The number of ether oxygens (including phenoxy) is 1. The molecule has 2 aromatic carbocycles. The van der Waals surface area contributed by atoms with E-state index in [1.807, 2.05) is 48.5 Å². The third-order valence-electron chi connectivity index (χ3n) is 4.47. The predicted octanol–water partition coefficient (Wildman–Crippen LogP) is 4.34. The Morgan fingerprint density at radius 3 is 2.44 bits per heavy atom. The summed E-state index contributed by atoms with van der Waals surface area (Å²) in [6.45, 7) is 0.591. The maximum Gasteiger partial charge on any atom is 0.315 e. The van der Waals surface area contributed by atoms with Crippen molar-refractivity contribution < 1.29 is 9.53 Å². The average Bonchev–Trinajstić information content (AvgIpc) is 3.46. The molecule has 0 aromatic heterocycles. The van der Waals surface area contributed by atoms with Gasteiger partial charge in [-0.3, -0.25) is 0 Å². The third-order valence-corrected chi connectivity index (χ3v) is 4.72. The molecule has 1 unspecified atom stereocenters. The van der Waals surface area contributed by atoms with Gasteiger partial charge < -0.3 is 15.4 Å². The monoisotopic (exact) mass is 358 g/mol. The van der Waals surface area contributed by atoms with E-state index < -0.39 is 0 Å². The average molecular weight is 359 g/mol. The fraction of sp³-hybridized carbons (Fsp3) is 0.350. The van der Waals surface area contributed by atoms with E-state index in [2.05, 4.69) is 10.6 Å². The molecule has 1 fully saturated rings. The van der Waals surface area contributed by atoms with Crippen molar-refractivity contribution in [3.63, 3.8) is 0 Å². The number of amides is 2. The summed E-state index contributed by atoms with van der Waals surface area (Å²) < 4.78 is 5.20. The molecule has 3 rings (SSSR count). The fourth-order valence-corrected chi connectivity index (χ4v) is 3.00. The Hall–Kier alpha value is -2.20. The van der Waals surface area contributed by atoms with Crippen LogP contribution in [0.1, 0.15) is 30.0 Å². The number of methoxy groups -OCH3 is 1. The minimum Gasteiger partial charge on any atom is -0.497 e. The molecule has 0 radical (unpaired) electrons. The van der Waals surface area contributed by atoms with Gasteiger partial charge in [0, 0.05) is 11.6 Å². The van der Waals surface area contributed by atoms with E-state index in [9.17, 15) is 4.79 Å². The maximum atomic E-state index is 12.3. The highest BCUT2D eigenvalue weighted by Gasteiger charge is 2.33. The number of nitrogens with one attached hydrogen (secondary N) is 2. The van der Waals surface area contributed by atoms with Gasteiger partial charge in [-0.15, -0.1) is 0 Å². The van der Waals surface area contributed by atoms with E-state index in [4.69, 9.17) is 16.3 Å². The molecule has 0 heterocycles. The molecule has 2 aromatic rings. The van der Waals surface area contributed by atoms with Gasteiger partial charge in [0.15, 0.2) is 0 Å². The van der Waals surface area contributed by atoms with Crippen LogP contribution in [0.4, 0.5) is 4.79 Å². The van der Waals surface area contributed by atoms with Gasteiger partial charge in [0.25, 0.3) is 0 Å². The zero-order valence-corrected chi connectivity index (χ0v) is 15.1. The summed E-state index contributed by atoms with van der Waals surface area (Å²) in [5.41, 5.74) is 2.27. The molecule has 1 saturated carbocycles. The van der Waals surface area contributed by atoms with E-state index in [1.165, 1.54) is 0 Å². The maximum absolute atomic E-state index is 12.3. The van der Waals surface area contributed by atoms with Crippen LogP contribution < -0.4 is 15.4 Å². The van der Waals surface area contributed by atoms with Gasteiger partial charge in [-0.1, -0.05) is 35.9 Å². The van der Waals surface area contributed by atoms with Crippen molar-refractivity contribution in [2.24, 2.45) is 5.92 Å². The van der Waals surface area contributed by atoms with Crippen molar-refractivity contribution in [2.45, 2.75) is 25.3 Å². The Bertz CT molecular complexity index is 697. The summed E-state index contributed by atoms with van der Waals surface area (Å²) >= 11 is 5.88. The topological polar surface area (TPSA) is 50.4 Å². The van der Waals surface area contributed by atoms with Gasteiger partial charge in [0.1, 0.15) is 5.75 Å². The van der Waals surface area contributed by atoms with Gasteiger partial charge in [-0.05, 0) is 60.6 Å². The molecular weight excluding hydrogens is 336 g/mol. The van der Waals surface area contributed by atoms with Gasteiger partial charge in [0.05, 0.1) is 13.2 Å². The summed E-state index contributed by atoms with van der Waals surface area (Å²) in [6, 6.07) is 15.5. The molecule has 0 spiro atoms. The second-order valence-corrected chi connectivity index (χ2v) is 6.80. The second kappa shape index (κ2) is 8.26. The van der Waals surface area contributed by atoms with Gasteiger partial charge in [-0.25, -0.2) is 4.79 Å². The number of rotatable bonds is 7. The van der Waals surface area contributed by atoms with E-state index in [0.29, 0.717) is 12.5 Å². The highest BCUT2D eigenvalue weighted by Crippen LogP contribution is 2.41. The highest BCUT2D eigenvalue weighted by molar-refractivity contribution is 6.30. The summed E-state index contributed by atoms with van der Waals surface area (Å²) in [4.78, 5) is 12.3. The Morgan fingerprint density at radius 1 is 1.16 bits per heavy atom. The first-order valence-electron chi connectivity index (χ1n) is 8.58. The van der Waals surface area contributed by atoms with Crippen molar-refractivity contribution in [2.75, 3.05) is 13.7 Å². The van der Waals surface area contributed by atoms with Crippen molar-refractivity contribution in [3.05, 3.63) is 64.7 Å². The Balaban J connectivity index is 1.51. The van der Waals surface area contributed by atoms with Gasteiger partial charge in [0.2, 0.25) is 0 Å². The zero-order valence-electron chi connectivity index (χ0n) is 14.3. The lowest BCUT2D eigenvalue weighted by molar-refractivity contribution is 0.235. The first-order valence-corrected chi connectivity index (χ1v) is 8.96. The van der Waals surface area contributed by atoms with Crippen molar-refractivity contribution in [1.82, 2.24) is 10.6 Å². The predicted molar refractivity (Wildman–Crippen MR) is 100 cm³/mol. The Morgan fingerprint density at radius 2 is 1.84 bits per heavy atom. The van der Waals surface area contributed by atoms with Crippen LogP contribution in [0.3, 0.4) is 0 Å². The quantitative estimate of drug-likeness (QED) is 0.773. The number of halogens is 1. The lowest BCUT2D eigenvalue weighted by atomic mass is 10.0. The van der Waals surface area contributed by atoms with E-state index in [-0.39, 0.29) is 12.1 Å². The molecule has 0 saturated heterocycles. The number of benzene rings is 2. The van der Waals surface area contributed by atoms with Gasteiger partial charge >= 0.3 is 6.03 Å². The smallest absolute Gasteiger partial charge is 0.315 e. The van der Waals surface area contributed by atoms with Crippen LogP contribution >= 0.6 is 11.6 Å². The van der Waals surface area contributed by atoms with Crippen molar-refractivity contribution in [3.8, 4) is 5.75 Å². The van der Waals surface area contributed by atoms with Crippen molar-refractivity contribution >= 4 is 17.6 Å². The standard InChI is InChI=1S/C20H23ClN2O2/c1-25-18-10-6-16(7-11-18)19(15-4-5-15)23-20(24)22-13-12-14-2-8-17(21)9-3-14/h2-3,6-11,15,19H,4-5,12-13H2,1H3,(H2,22,23,24). The second-order valence-electron chi connectivity index (χ2n) is 6.36. The normalized spacial score (nSPS) is 14.6. The minimum atomic E-state index is -0.123. The number of hydrogen-bond donors (Lipinski definition) is 2. The molecule has 5 heteroatoms. The summed E-state index contributed by atoms with van der Waals surface area (Å²) in [7, 11) is 1.65. The minimum absolute atomic E-state index is 0.0569. The lowest BCUT2D eigenvalue weighted by Crippen LogP contribution is -2.39. The first-order chi connectivity index (χ1) is 12.2. The summed E-state index contributed by atoms with van der Waals surface area (Å²) in [5.74, 6) is 1.35. The van der Waals surface area contributed by atoms with Crippen LogP contribution in [-0.2, 0) is 6.42 Å². The van der Waals surface area contributed by atoms with E-state index >= 15 is 0 Å². The molecule has 2 N–H and O–H groups in total. The van der Waals surface area contributed by atoms with E-state index in [0.717, 1.165) is 41.2 Å². The largest absolute Gasteiger partial charge is 0.497 e. The summed E-state index contributed by atoms with van der Waals surface area (Å²) in [5, 5.41) is 6.78. The number of carbonyl (C=O) groups is 1. The number of urea groups is 1. The van der Waals surface area contributed by atoms with Crippen molar-refractivity contribution in [1.29, 1.82) is 0 Å². The molecule has 25 heavy (non-hydrogen) atoms. The number of carbonyl (C=O) groups excluding carboxylic acids is 1. The summed E-state index contributed by atoms with van der Waals surface area (Å²) in [6.07, 6.45) is 3.09. The molecule has 1 aliphatic rings. The lowest BCUT2D eigenvalue weighted by Gasteiger charge is -2.19. The molecule has 132 valence electrons. The van der Waals surface area contributed by atoms with Crippen LogP contribution in [-0.4, -0.2) is 19.7 Å².